The molecule has 0 bridgehead atoms. The van der Waals surface area contributed by atoms with Crippen molar-refractivity contribution in [2.24, 2.45) is 0 Å². The Morgan fingerprint density at radius 2 is 2.14 bits per heavy atom. The van der Waals surface area contributed by atoms with Crippen molar-refractivity contribution in [2.45, 2.75) is 13.5 Å². The summed E-state index contributed by atoms with van der Waals surface area (Å²) in [6, 6.07) is 9.21. The Kier molecular flexibility index (Phi) is 5.00. The number of pyridine rings is 1. The third-order valence-corrected chi connectivity index (χ3v) is 3.00. The number of nitrogens with one attached hydrogen (secondary N) is 2. The molecule has 0 radical (unpaired) electrons. The average Bonchev–Trinajstić information content (AvgIpc) is 2.45. The zero-order valence-electron chi connectivity index (χ0n) is 11.8. The fourth-order valence-electron chi connectivity index (χ4n) is 1.87. The Labute approximate surface area is 128 Å². The number of methoxy groups -OCH3 is 1. The number of amides is 1. The van der Waals surface area contributed by atoms with E-state index in [0.29, 0.717) is 23.1 Å². The van der Waals surface area contributed by atoms with E-state index in [1.807, 2.05) is 24.3 Å². The average molecular weight is 306 g/mol. The van der Waals surface area contributed by atoms with E-state index in [0.717, 1.165) is 11.3 Å². The summed E-state index contributed by atoms with van der Waals surface area (Å²) in [5.41, 5.74) is 2.54. The summed E-state index contributed by atoms with van der Waals surface area (Å²) in [5.74, 6) is 0.486. The SMILES string of the molecule is COc1ccc(CNc2ccnc(Cl)c2)cc1NC(C)=O. The largest absolute Gasteiger partial charge is 0.495 e. The molecule has 0 spiro atoms. The van der Waals surface area contributed by atoms with Gasteiger partial charge >= 0.3 is 0 Å². The predicted molar refractivity (Wildman–Crippen MR) is 83.9 cm³/mol. The van der Waals surface area contributed by atoms with Crippen molar-refractivity contribution in [3.8, 4) is 5.75 Å². The van der Waals surface area contributed by atoms with Gasteiger partial charge in [0.15, 0.2) is 0 Å². The standard InChI is InChI=1S/C15H16ClN3O2/c1-10(20)19-13-7-11(3-4-14(13)21-2)9-18-12-5-6-17-15(16)8-12/h3-8H,9H2,1-2H3,(H,17,18)(H,19,20). The maximum Gasteiger partial charge on any atom is 0.221 e. The third-order valence-electron chi connectivity index (χ3n) is 2.80. The third kappa shape index (κ3) is 4.36. The maximum absolute atomic E-state index is 11.2. The molecule has 1 heterocycles. The summed E-state index contributed by atoms with van der Waals surface area (Å²) >= 11 is 5.83. The summed E-state index contributed by atoms with van der Waals surface area (Å²) in [5, 5.41) is 6.43. The molecule has 6 heteroatoms. The number of nitrogens with zero attached hydrogens (tertiary/aromatic N) is 1. The molecule has 21 heavy (non-hydrogen) atoms. The van der Waals surface area contributed by atoms with E-state index in [1.165, 1.54) is 6.92 Å². The zero-order chi connectivity index (χ0) is 15.2. The van der Waals surface area contributed by atoms with Gasteiger partial charge in [0.25, 0.3) is 0 Å². The van der Waals surface area contributed by atoms with Crippen LogP contribution in [0.15, 0.2) is 36.5 Å². The lowest BCUT2D eigenvalue weighted by Gasteiger charge is -2.12. The van der Waals surface area contributed by atoms with Crippen LogP contribution in [0.3, 0.4) is 0 Å². The van der Waals surface area contributed by atoms with Crippen LogP contribution in [0.2, 0.25) is 5.15 Å². The number of benzene rings is 1. The van der Waals surface area contributed by atoms with Crippen LogP contribution in [-0.2, 0) is 11.3 Å². The first-order valence-corrected chi connectivity index (χ1v) is 6.76. The highest BCUT2D eigenvalue weighted by molar-refractivity contribution is 6.29. The first-order valence-electron chi connectivity index (χ1n) is 6.38. The van der Waals surface area contributed by atoms with Gasteiger partial charge in [-0.05, 0) is 29.8 Å². The van der Waals surface area contributed by atoms with Crippen molar-refractivity contribution in [3.05, 3.63) is 47.2 Å². The van der Waals surface area contributed by atoms with Gasteiger partial charge in [-0.2, -0.15) is 0 Å². The number of hydrogen-bond acceptors (Lipinski definition) is 4. The molecule has 0 atom stereocenters. The number of anilines is 2. The zero-order valence-corrected chi connectivity index (χ0v) is 12.6. The van der Waals surface area contributed by atoms with Crippen LogP contribution in [-0.4, -0.2) is 18.0 Å². The van der Waals surface area contributed by atoms with Crippen LogP contribution in [0, 0.1) is 0 Å². The van der Waals surface area contributed by atoms with Gasteiger partial charge in [0.1, 0.15) is 10.9 Å². The molecule has 5 nitrogen and oxygen atoms in total. The van der Waals surface area contributed by atoms with E-state index in [2.05, 4.69) is 15.6 Å². The van der Waals surface area contributed by atoms with Crippen LogP contribution >= 0.6 is 11.6 Å². The smallest absolute Gasteiger partial charge is 0.221 e. The summed E-state index contributed by atoms with van der Waals surface area (Å²) in [4.78, 5) is 15.1. The van der Waals surface area contributed by atoms with E-state index in [1.54, 1.807) is 19.4 Å². The predicted octanol–water partition coefficient (Wildman–Crippen LogP) is 3.31. The molecule has 0 saturated carbocycles. The van der Waals surface area contributed by atoms with Gasteiger partial charge in [-0.1, -0.05) is 17.7 Å². The van der Waals surface area contributed by atoms with Crippen molar-refractivity contribution in [2.75, 3.05) is 17.7 Å². The lowest BCUT2D eigenvalue weighted by Crippen LogP contribution is -2.08. The summed E-state index contributed by atoms with van der Waals surface area (Å²) in [7, 11) is 1.57. The van der Waals surface area contributed by atoms with Gasteiger partial charge in [0.2, 0.25) is 5.91 Å². The highest BCUT2D eigenvalue weighted by Crippen LogP contribution is 2.26. The summed E-state index contributed by atoms with van der Waals surface area (Å²) < 4.78 is 5.22. The van der Waals surface area contributed by atoms with Crippen molar-refractivity contribution in [1.29, 1.82) is 0 Å². The minimum absolute atomic E-state index is 0.140. The van der Waals surface area contributed by atoms with Crippen LogP contribution < -0.4 is 15.4 Å². The molecular formula is C15H16ClN3O2. The number of ether oxygens (including phenoxy) is 1. The molecule has 0 aliphatic carbocycles. The highest BCUT2D eigenvalue weighted by Gasteiger charge is 2.06. The number of rotatable bonds is 5. The molecule has 1 aromatic heterocycles. The Hall–Kier alpha value is -2.27. The van der Waals surface area contributed by atoms with Crippen molar-refractivity contribution in [3.63, 3.8) is 0 Å². The molecule has 1 amide bonds. The van der Waals surface area contributed by atoms with Gasteiger partial charge in [-0.15, -0.1) is 0 Å². The molecule has 2 rings (SSSR count). The molecule has 0 aliphatic rings. The van der Waals surface area contributed by atoms with Crippen LogP contribution in [0.5, 0.6) is 5.75 Å². The minimum Gasteiger partial charge on any atom is -0.495 e. The van der Waals surface area contributed by atoms with E-state index in [9.17, 15) is 4.79 Å². The molecule has 2 aromatic rings. The quantitative estimate of drug-likeness (QED) is 0.832. The van der Waals surface area contributed by atoms with E-state index in [4.69, 9.17) is 16.3 Å². The Bertz CT molecular complexity index is 647. The lowest BCUT2D eigenvalue weighted by molar-refractivity contribution is -0.114. The van der Waals surface area contributed by atoms with Gasteiger partial charge in [0, 0.05) is 25.4 Å². The highest BCUT2D eigenvalue weighted by atomic mass is 35.5. The molecule has 0 aliphatic heterocycles. The van der Waals surface area contributed by atoms with Gasteiger partial charge in [-0.25, -0.2) is 4.98 Å². The molecule has 2 N–H and O–H groups in total. The topological polar surface area (TPSA) is 63.2 Å². The van der Waals surface area contributed by atoms with Crippen molar-refractivity contribution < 1.29 is 9.53 Å². The van der Waals surface area contributed by atoms with Crippen LogP contribution in [0.1, 0.15) is 12.5 Å². The molecule has 110 valence electrons. The Morgan fingerprint density at radius 1 is 1.33 bits per heavy atom. The monoisotopic (exact) mass is 305 g/mol. The maximum atomic E-state index is 11.2. The van der Waals surface area contributed by atoms with Gasteiger partial charge in [-0.3, -0.25) is 4.79 Å². The van der Waals surface area contributed by atoms with E-state index >= 15 is 0 Å². The molecule has 0 fully saturated rings. The van der Waals surface area contributed by atoms with Crippen molar-refractivity contribution >= 4 is 28.9 Å². The number of halogens is 1. The normalized spacial score (nSPS) is 10.0. The second-order valence-electron chi connectivity index (χ2n) is 4.44. The van der Waals surface area contributed by atoms with Gasteiger partial charge < -0.3 is 15.4 Å². The fraction of sp³-hybridized carbons (Fsp3) is 0.200. The second-order valence-corrected chi connectivity index (χ2v) is 4.82. The Balaban J connectivity index is 2.11. The number of carbonyl (C=O) groups is 1. The Morgan fingerprint density at radius 3 is 2.81 bits per heavy atom. The molecular weight excluding hydrogens is 290 g/mol. The van der Waals surface area contributed by atoms with E-state index < -0.39 is 0 Å². The molecule has 0 unspecified atom stereocenters. The minimum atomic E-state index is -0.140. The number of carbonyl (C=O) groups excluding carboxylic acids is 1. The fourth-order valence-corrected chi connectivity index (χ4v) is 2.04. The summed E-state index contributed by atoms with van der Waals surface area (Å²) in [6.45, 7) is 2.06. The molecule has 1 aromatic carbocycles. The number of hydrogen-bond donors (Lipinski definition) is 2. The lowest BCUT2D eigenvalue weighted by atomic mass is 10.1. The first kappa shape index (κ1) is 15.1. The number of aromatic nitrogens is 1. The van der Waals surface area contributed by atoms with Gasteiger partial charge in [0.05, 0.1) is 12.8 Å². The first-order chi connectivity index (χ1) is 10.1. The summed E-state index contributed by atoms with van der Waals surface area (Å²) in [6.07, 6.45) is 1.64. The molecule has 0 saturated heterocycles. The van der Waals surface area contributed by atoms with E-state index in [-0.39, 0.29) is 5.91 Å². The van der Waals surface area contributed by atoms with Crippen molar-refractivity contribution in [1.82, 2.24) is 4.98 Å². The van der Waals surface area contributed by atoms with Crippen LogP contribution in [0.25, 0.3) is 0 Å². The van der Waals surface area contributed by atoms with Crippen LogP contribution in [0.4, 0.5) is 11.4 Å². The second kappa shape index (κ2) is 6.95.